The van der Waals surface area contributed by atoms with Gasteiger partial charge in [-0.2, -0.15) is 0 Å². The van der Waals surface area contributed by atoms with Gasteiger partial charge in [0.05, 0.1) is 21.3 Å². The molecule has 1 aliphatic heterocycles. The number of ether oxygens (including phenoxy) is 3. The molecule has 4 rings (SSSR count). The van der Waals surface area contributed by atoms with Gasteiger partial charge in [0, 0.05) is 24.8 Å². The highest BCUT2D eigenvalue weighted by Gasteiger charge is 2.29. The lowest BCUT2D eigenvalue weighted by molar-refractivity contribution is 0.174. The zero-order valence-electron chi connectivity index (χ0n) is 19.2. The van der Waals surface area contributed by atoms with Gasteiger partial charge in [-0.3, -0.25) is 4.90 Å². The highest BCUT2D eigenvalue weighted by molar-refractivity contribution is 5.55. The number of aromatic hydroxyl groups is 2. The third-order valence-corrected chi connectivity index (χ3v) is 6.22. The molecule has 174 valence electrons. The van der Waals surface area contributed by atoms with E-state index in [1.54, 1.807) is 33.5 Å². The molecule has 3 aromatic carbocycles. The van der Waals surface area contributed by atoms with Crippen molar-refractivity contribution in [3.8, 4) is 28.7 Å². The highest BCUT2D eigenvalue weighted by Crippen LogP contribution is 2.42. The van der Waals surface area contributed by atoms with E-state index in [2.05, 4.69) is 4.90 Å². The van der Waals surface area contributed by atoms with Crippen molar-refractivity contribution in [3.63, 3.8) is 0 Å². The van der Waals surface area contributed by atoms with Crippen molar-refractivity contribution >= 4 is 5.69 Å². The van der Waals surface area contributed by atoms with Crippen LogP contribution in [0.1, 0.15) is 28.3 Å². The minimum atomic E-state index is -0.113. The van der Waals surface area contributed by atoms with Crippen LogP contribution < -0.4 is 19.9 Å². The molecule has 0 unspecified atom stereocenters. The fourth-order valence-corrected chi connectivity index (χ4v) is 4.54. The van der Waals surface area contributed by atoms with Crippen LogP contribution in [-0.2, 0) is 19.4 Å². The third kappa shape index (κ3) is 4.64. The third-order valence-electron chi connectivity index (χ3n) is 6.22. The maximum absolute atomic E-state index is 10.3. The van der Waals surface area contributed by atoms with E-state index < -0.39 is 0 Å². The summed E-state index contributed by atoms with van der Waals surface area (Å²) in [6, 6.07) is 15.1. The van der Waals surface area contributed by atoms with Gasteiger partial charge in [-0.15, -0.1) is 0 Å². The summed E-state index contributed by atoms with van der Waals surface area (Å²) in [4.78, 5) is 2.38. The van der Waals surface area contributed by atoms with Crippen LogP contribution in [0.15, 0.2) is 48.5 Å². The minimum absolute atomic E-state index is 0.0272. The average molecular weight is 451 g/mol. The molecule has 1 aliphatic rings. The molecule has 1 atom stereocenters. The number of phenolic OH excluding ortho intramolecular Hbond substituents is 2. The molecule has 0 fully saturated rings. The van der Waals surface area contributed by atoms with E-state index in [0.29, 0.717) is 23.7 Å². The molecule has 1 heterocycles. The molecule has 7 heteroatoms. The van der Waals surface area contributed by atoms with Crippen molar-refractivity contribution in [3.05, 3.63) is 70.8 Å². The number of benzene rings is 3. The summed E-state index contributed by atoms with van der Waals surface area (Å²) < 4.78 is 16.6. The van der Waals surface area contributed by atoms with E-state index in [1.165, 1.54) is 0 Å². The highest BCUT2D eigenvalue weighted by atomic mass is 16.5. The summed E-state index contributed by atoms with van der Waals surface area (Å²) in [5, 5.41) is 20.3. The molecule has 0 spiro atoms. The number of hydrogen-bond acceptors (Lipinski definition) is 7. The van der Waals surface area contributed by atoms with Crippen molar-refractivity contribution < 1.29 is 24.4 Å². The van der Waals surface area contributed by atoms with Gasteiger partial charge in [0.2, 0.25) is 5.75 Å². The standard InChI is InChI=1S/C26H30N2O5/c1-31-24-11-17(12-25(32-2)26(24)33-3)10-21-20-14-23(30)22(29)13-18(20)8-9-28(21)15-16-4-6-19(27)7-5-16/h4-7,11-14,21,29-30H,8-10,15,27H2,1-3H3/t21-/m0/s1. The zero-order valence-corrected chi connectivity index (χ0v) is 19.2. The largest absolute Gasteiger partial charge is 0.504 e. The van der Waals surface area contributed by atoms with Crippen LogP contribution in [0.25, 0.3) is 0 Å². The second-order valence-corrected chi connectivity index (χ2v) is 8.26. The zero-order chi connectivity index (χ0) is 23.5. The SMILES string of the molecule is COc1cc(C[C@H]2c3cc(O)c(O)cc3CCN2Cc2ccc(N)cc2)cc(OC)c1OC. The Labute approximate surface area is 193 Å². The van der Waals surface area contributed by atoms with E-state index in [9.17, 15) is 10.2 Å². The summed E-state index contributed by atoms with van der Waals surface area (Å²) in [5.41, 5.74) is 10.8. The first kappa shape index (κ1) is 22.6. The number of nitrogens with zero attached hydrogens (tertiary/aromatic N) is 1. The predicted octanol–water partition coefficient (Wildman–Crippen LogP) is 4.05. The Morgan fingerprint density at radius 1 is 0.879 bits per heavy atom. The van der Waals surface area contributed by atoms with Crippen molar-refractivity contribution in [1.29, 1.82) is 0 Å². The maximum Gasteiger partial charge on any atom is 0.203 e. The van der Waals surface area contributed by atoms with E-state index >= 15 is 0 Å². The molecule has 0 radical (unpaired) electrons. The molecule has 0 aliphatic carbocycles. The molecule has 33 heavy (non-hydrogen) atoms. The Morgan fingerprint density at radius 2 is 1.52 bits per heavy atom. The van der Waals surface area contributed by atoms with Crippen molar-refractivity contribution in [2.45, 2.75) is 25.4 Å². The Morgan fingerprint density at radius 3 is 2.12 bits per heavy atom. The Hall–Kier alpha value is -3.58. The lowest BCUT2D eigenvalue weighted by Crippen LogP contribution is -2.36. The van der Waals surface area contributed by atoms with E-state index in [4.69, 9.17) is 19.9 Å². The van der Waals surface area contributed by atoms with Gasteiger partial charge in [0.15, 0.2) is 23.0 Å². The van der Waals surface area contributed by atoms with Crippen LogP contribution in [-0.4, -0.2) is 43.0 Å². The Bertz CT molecular complexity index is 1110. The first-order valence-electron chi connectivity index (χ1n) is 10.9. The van der Waals surface area contributed by atoms with Gasteiger partial charge in [0.25, 0.3) is 0 Å². The van der Waals surface area contributed by atoms with E-state index in [-0.39, 0.29) is 17.5 Å². The summed E-state index contributed by atoms with van der Waals surface area (Å²) in [6.45, 7) is 1.55. The van der Waals surface area contributed by atoms with E-state index in [1.807, 2.05) is 36.4 Å². The molecule has 0 bridgehead atoms. The monoisotopic (exact) mass is 450 g/mol. The molecule has 3 aromatic rings. The number of methoxy groups -OCH3 is 3. The second-order valence-electron chi connectivity index (χ2n) is 8.26. The Kier molecular flexibility index (Phi) is 6.51. The molecule has 0 saturated heterocycles. The fraction of sp³-hybridized carbons (Fsp3) is 0.308. The van der Waals surface area contributed by atoms with Crippen molar-refractivity contribution in [2.75, 3.05) is 33.6 Å². The van der Waals surface area contributed by atoms with Gasteiger partial charge in [-0.1, -0.05) is 12.1 Å². The van der Waals surface area contributed by atoms with Gasteiger partial charge in [-0.05, 0) is 71.5 Å². The van der Waals surface area contributed by atoms with Gasteiger partial charge in [0.1, 0.15) is 0 Å². The number of anilines is 1. The topological polar surface area (TPSA) is 97.4 Å². The molecule has 0 aromatic heterocycles. The number of hydrogen-bond donors (Lipinski definition) is 3. The van der Waals surface area contributed by atoms with Gasteiger partial charge in [-0.25, -0.2) is 0 Å². The van der Waals surface area contributed by atoms with Gasteiger partial charge >= 0.3 is 0 Å². The average Bonchev–Trinajstić information content (AvgIpc) is 2.82. The van der Waals surface area contributed by atoms with Crippen LogP contribution in [0.4, 0.5) is 5.69 Å². The number of nitrogen functional groups attached to an aromatic ring is 1. The number of nitrogens with two attached hydrogens (primary N) is 1. The van der Waals surface area contributed by atoms with Crippen LogP contribution in [0.3, 0.4) is 0 Å². The van der Waals surface area contributed by atoms with Crippen molar-refractivity contribution in [1.82, 2.24) is 4.90 Å². The minimum Gasteiger partial charge on any atom is -0.504 e. The quantitative estimate of drug-likeness (QED) is 0.369. The first-order chi connectivity index (χ1) is 15.9. The normalized spacial score (nSPS) is 15.7. The van der Waals surface area contributed by atoms with Crippen LogP contribution in [0.2, 0.25) is 0 Å². The molecular formula is C26H30N2O5. The summed E-state index contributed by atoms with van der Waals surface area (Å²) in [6.07, 6.45) is 1.44. The first-order valence-corrected chi connectivity index (χ1v) is 10.9. The second kappa shape index (κ2) is 9.50. The van der Waals surface area contributed by atoms with E-state index in [0.717, 1.165) is 47.5 Å². The van der Waals surface area contributed by atoms with Gasteiger partial charge < -0.3 is 30.2 Å². The maximum atomic E-state index is 10.3. The lowest BCUT2D eigenvalue weighted by Gasteiger charge is -2.38. The summed E-state index contributed by atoms with van der Waals surface area (Å²) in [7, 11) is 4.79. The fourth-order valence-electron chi connectivity index (χ4n) is 4.54. The molecule has 0 saturated carbocycles. The lowest BCUT2D eigenvalue weighted by atomic mass is 9.87. The van der Waals surface area contributed by atoms with Crippen molar-refractivity contribution in [2.24, 2.45) is 0 Å². The molecule has 7 nitrogen and oxygen atoms in total. The summed E-state index contributed by atoms with van der Waals surface area (Å²) >= 11 is 0. The summed E-state index contributed by atoms with van der Waals surface area (Å²) in [5.74, 6) is 1.54. The number of phenols is 2. The Balaban J connectivity index is 1.74. The molecule has 0 amide bonds. The number of fused-ring (bicyclic) bond motifs is 1. The van der Waals surface area contributed by atoms with Crippen LogP contribution >= 0.6 is 0 Å². The van der Waals surface area contributed by atoms with Crippen LogP contribution in [0.5, 0.6) is 28.7 Å². The van der Waals surface area contributed by atoms with Crippen LogP contribution in [0, 0.1) is 0 Å². The predicted molar refractivity (Wildman–Crippen MR) is 127 cm³/mol. The molecule has 4 N–H and O–H groups in total. The number of rotatable bonds is 7. The smallest absolute Gasteiger partial charge is 0.203 e. The molecular weight excluding hydrogens is 420 g/mol.